The fraction of sp³-hybridized carbons (Fsp3) is 0.323. The minimum Gasteiger partial charge on any atom is -0.508 e. The Morgan fingerprint density at radius 3 is 2.44 bits per heavy atom. The summed E-state index contributed by atoms with van der Waals surface area (Å²) in [6.07, 6.45) is 6.83. The molecule has 0 atom stereocenters. The number of ether oxygens (including phenoxy) is 1. The third-order valence-corrected chi connectivity index (χ3v) is 6.95. The van der Waals surface area contributed by atoms with Gasteiger partial charge < -0.3 is 19.2 Å². The van der Waals surface area contributed by atoms with Crippen molar-refractivity contribution in [3.8, 4) is 22.6 Å². The number of fused-ring (bicyclic) bond motifs is 1. The van der Waals surface area contributed by atoms with Crippen LogP contribution in [0.25, 0.3) is 22.1 Å². The Morgan fingerprint density at radius 1 is 0.889 bits per heavy atom. The van der Waals surface area contributed by atoms with E-state index in [9.17, 15) is 9.90 Å². The number of unbranched alkanes of at least 4 members (excludes halogenated alkanes) is 1. The molecular weight excluding hydrogens is 450 g/mol. The first kappa shape index (κ1) is 24.1. The molecule has 4 aromatic rings. The monoisotopic (exact) mass is 483 g/mol. The molecule has 1 N–H and O–H groups in total. The molecule has 0 radical (unpaired) electrons. The summed E-state index contributed by atoms with van der Waals surface area (Å²) >= 11 is 0. The SMILES string of the molecule is O=c1oc2cc(O)ccc2c(Cc2ccc(OCCCCN3CCCCC3)cc2)c1-c1ccccc1. The minimum absolute atomic E-state index is 0.0708. The van der Waals surface area contributed by atoms with Crippen LogP contribution in [0, 0.1) is 0 Å². The zero-order chi connectivity index (χ0) is 24.7. The van der Waals surface area contributed by atoms with Crippen molar-refractivity contribution in [1.29, 1.82) is 0 Å². The predicted molar refractivity (Wildman–Crippen MR) is 144 cm³/mol. The summed E-state index contributed by atoms with van der Waals surface area (Å²) in [4.78, 5) is 15.6. The van der Waals surface area contributed by atoms with E-state index in [1.165, 1.54) is 51.4 Å². The van der Waals surface area contributed by atoms with Gasteiger partial charge in [0.15, 0.2) is 0 Å². The van der Waals surface area contributed by atoms with E-state index in [4.69, 9.17) is 9.15 Å². The molecular formula is C31H33NO4. The normalized spacial score (nSPS) is 14.2. The van der Waals surface area contributed by atoms with E-state index in [0.717, 1.165) is 40.9 Å². The molecule has 0 saturated carbocycles. The second kappa shape index (κ2) is 11.4. The lowest BCUT2D eigenvalue weighted by Gasteiger charge is -2.26. The van der Waals surface area contributed by atoms with Gasteiger partial charge >= 0.3 is 5.63 Å². The van der Waals surface area contributed by atoms with Crippen molar-refractivity contribution in [2.75, 3.05) is 26.2 Å². The van der Waals surface area contributed by atoms with Crippen LogP contribution in [0.5, 0.6) is 11.5 Å². The minimum atomic E-state index is -0.404. The first-order valence-corrected chi connectivity index (χ1v) is 13.0. The quantitative estimate of drug-likeness (QED) is 0.220. The Hall–Kier alpha value is -3.57. The summed E-state index contributed by atoms with van der Waals surface area (Å²) in [6, 6.07) is 22.7. The van der Waals surface area contributed by atoms with Crippen LogP contribution in [-0.2, 0) is 6.42 Å². The lowest BCUT2D eigenvalue weighted by atomic mass is 9.93. The van der Waals surface area contributed by atoms with E-state index in [1.807, 2.05) is 48.5 Å². The number of phenolic OH excluding ortho intramolecular Hbond substituents is 1. The molecule has 1 aliphatic rings. The lowest BCUT2D eigenvalue weighted by Crippen LogP contribution is -2.30. The molecule has 36 heavy (non-hydrogen) atoms. The number of benzene rings is 3. The molecule has 3 aromatic carbocycles. The highest BCUT2D eigenvalue weighted by Gasteiger charge is 2.17. The summed E-state index contributed by atoms with van der Waals surface area (Å²) in [6.45, 7) is 4.38. The van der Waals surface area contributed by atoms with Crippen LogP contribution < -0.4 is 10.4 Å². The van der Waals surface area contributed by atoms with Crippen molar-refractivity contribution in [3.63, 3.8) is 0 Å². The van der Waals surface area contributed by atoms with Gasteiger partial charge in [0, 0.05) is 11.5 Å². The van der Waals surface area contributed by atoms with Gasteiger partial charge in [0.2, 0.25) is 0 Å². The maximum absolute atomic E-state index is 13.0. The fourth-order valence-electron chi connectivity index (χ4n) is 5.05. The Kier molecular flexibility index (Phi) is 7.67. The second-order valence-electron chi connectivity index (χ2n) is 9.57. The molecule has 2 heterocycles. The van der Waals surface area contributed by atoms with Gasteiger partial charge in [0.05, 0.1) is 12.2 Å². The van der Waals surface area contributed by atoms with Crippen molar-refractivity contribution >= 4 is 11.0 Å². The van der Waals surface area contributed by atoms with E-state index >= 15 is 0 Å². The van der Waals surface area contributed by atoms with Gasteiger partial charge in [0.1, 0.15) is 17.1 Å². The van der Waals surface area contributed by atoms with E-state index in [1.54, 1.807) is 6.07 Å². The van der Waals surface area contributed by atoms with Crippen molar-refractivity contribution in [2.24, 2.45) is 0 Å². The molecule has 0 spiro atoms. The average Bonchev–Trinajstić information content (AvgIpc) is 2.90. The number of hydrogen-bond acceptors (Lipinski definition) is 5. The van der Waals surface area contributed by atoms with Gasteiger partial charge in [-0.25, -0.2) is 4.79 Å². The van der Waals surface area contributed by atoms with E-state index < -0.39 is 5.63 Å². The van der Waals surface area contributed by atoms with Gasteiger partial charge in [-0.1, -0.05) is 48.9 Å². The first-order chi connectivity index (χ1) is 17.7. The van der Waals surface area contributed by atoms with Gasteiger partial charge in [-0.15, -0.1) is 0 Å². The first-order valence-electron chi connectivity index (χ1n) is 13.0. The van der Waals surface area contributed by atoms with E-state index in [2.05, 4.69) is 17.0 Å². The van der Waals surface area contributed by atoms with Gasteiger partial charge in [-0.3, -0.25) is 0 Å². The van der Waals surface area contributed by atoms with Crippen LogP contribution in [0.2, 0.25) is 0 Å². The molecule has 5 heteroatoms. The molecule has 5 nitrogen and oxygen atoms in total. The van der Waals surface area contributed by atoms with E-state index in [-0.39, 0.29) is 5.75 Å². The molecule has 0 amide bonds. The topological polar surface area (TPSA) is 62.9 Å². The largest absolute Gasteiger partial charge is 0.508 e. The van der Waals surface area contributed by atoms with Crippen LogP contribution in [0.15, 0.2) is 82.0 Å². The van der Waals surface area contributed by atoms with Crippen molar-refractivity contribution in [1.82, 2.24) is 4.90 Å². The fourth-order valence-corrected chi connectivity index (χ4v) is 5.05. The molecule has 0 aliphatic carbocycles. The Bertz CT molecular complexity index is 1340. The number of phenols is 1. The van der Waals surface area contributed by atoms with Crippen molar-refractivity contribution in [2.45, 2.75) is 38.5 Å². The highest BCUT2D eigenvalue weighted by atomic mass is 16.5. The van der Waals surface area contributed by atoms with Crippen LogP contribution in [0.4, 0.5) is 0 Å². The average molecular weight is 484 g/mol. The molecule has 186 valence electrons. The molecule has 1 aromatic heterocycles. The van der Waals surface area contributed by atoms with Crippen LogP contribution >= 0.6 is 0 Å². The zero-order valence-corrected chi connectivity index (χ0v) is 20.6. The molecule has 5 rings (SSSR count). The van der Waals surface area contributed by atoms with E-state index in [0.29, 0.717) is 17.6 Å². The summed E-state index contributed by atoms with van der Waals surface area (Å²) in [5.74, 6) is 0.934. The number of likely N-dealkylation sites (tertiary alicyclic amines) is 1. The Morgan fingerprint density at radius 2 is 1.67 bits per heavy atom. The summed E-state index contributed by atoms with van der Waals surface area (Å²) in [5, 5.41) is 10.7. The molecule has 0 unspecified atom stereocenters. The molecule has 0 bridgehead atoms. The van der Waals surface area contributed by atoms with Gasteiger partial charge in [-0.2, -0.15) is 0 Å². The standard InChI is InChI=1S/C31H33NO4/c33-25-13-16-27-28(30(24-9-3-1-4-10-24)31(34)36-29(27)22-25)21-23-11-14-26(15-12-23)35-20-8-7-19-32-17-5-2-6-18-32/h1,3-4,9-16,22,33H,2,5-8,17-21H2. The van der Waals surface area contributed by atoms with Crippen molar-refractivity contribution < 1.29 is 14.3 Å². The molecule has 1 aliphatic heterocycles. The summed E-state index contributed by atoms with van der Waals surface area (Å²) in [5.41, 5.74) is 3.32. The van der Waals surface area contributed by atoms with Crippen LogP contribution in [0.3, 0.4) is 0 Å². The molecule has 1 saturated heterocycles. The molecule has 1 fully saturated rings. The number of aromatic hydroxyl groups is 1. The van der Waals surface area contributed by atoms with Crippen molar-refractivity contribution in [3.05, 3.63) is 94.3 Å². The maximum Gasteiger partial charge on any atom is 0.344 e. The highest BCUT2D eigenvalue weighted by Crippen LogP contribution is 2.31. The van der Waals surface area contributed by atoms with Crippen LogP contribution in [0.1, 0.15) is 43.2 Å². The van der Waals surface area contributed by atoms with Gasteiger partial charge in [-0.05, 0) is 92.7 Å². The third kappa shape index (κ3) is 5.80. The smallest absolute Gasteiger partial charge is 0.344 e. The third-order valence-electron chi connectivity index (χ3n) is 6.95. The lowest BCUT2D eigenvalue weighted by molar-refractivity contribution is 0.216. The Balaban J connectivity index is 1.29. The highest BCUT2D eigenvalue weighted by molar-refractivity contribution is 5.88. The summed E-state index contributed by atoms with van der Waals surface area (Å²) < 4.78 is 11.6. The van der Waals surface area contributed by atoms with Crippen LogP contribution in [-0.4, -0.2) is 36.2 Å². The second-order valence-corrected chi connectivity index (χ2v) is 9.57. The number of rotatable bonds is 9. The number of nitrogens with zero attached hydrogens (tertiary/aromatic N) is 1. The van der Waals surface area contributed by atoms with Gasteiger partial charge in [0.25, 0.3) is 0 Å². The Labute approximate surface area is 212 Å². The summed E-state index contributed by atoms with van der Waals surface area (Å²) in [7, 11) is 0. The predicted octanol–water partition coefficient (Wildman–Crippen LogP) is 6.40. The zero-order valence-electron chi connectivity index (χ0n) is 20.6. The number of piperidine rings is 1. The maximum atomic E-state index is 13.0. The number of hydrogen-bond donors (Lipinski definition) is 1.